The van der Waals surface area contributed by atoms with Gasteiger partial charge in [0, 0.05) is 5.56 Å². The summed E-state index contributed by atoms with van der Waals surface area (Å²) in [5.74, 6) is 2.34. The van der Waals surface area contributed by atoms with Crippen molar-refractivity contribution >= 4 is 33.0 Å². The van der Waals surface area contributed by atoms with Gasteiger partial charge in [-0.3, -0.25) is 4.79 Å². The van der Waals surface area contributed by atoms with Crippen LogP contribution in [0.3, 0.4) is 0 Å². The molecule has 0 saturated carbocycles. The summed E-state index contributed by atoms with van der Waals surface area (Å²) in [6.07, 6.45) is 1.58. The van der Waals surface area contributed by atoms with Crippen LogP contribution in [-0.2, 0) is 0 Å². The average molecular weight is 604 g/mol. The molecule has 0 aliphatic rings. The third-order valence-electron chi connectivity index (χ3n) is 6.21. The van der Waals surface area contributed by atoms with Crippen molar-refractivity contribution in [3.63, 3.8) is 0 Å². The molecule has 0 atom stereocenters. The molecule has 40 heavy (non-hydrogen) atoms. The first-order valence-corrected chi connectivity index (χ1v) is 13.9. The van der Waals surface area contributed by atoms with Gasteiger partial charge in [-0.25, -0.2) is 4.98 Å². The van der Waals surface area contributed by atoms with Crippen LogP contribution in [0.15, 0.2) is 62.9 Å². The summed E-state index contributed by atoms with van der Waals surface area (Å²) in [4.78, 5) is 18.6. The molecular weight excluding hydrogens is 572 g/mol. The number of ether oxygens (including phenoxy) is 3. The summed E-state index contributed by atoms with van der Waals surface area (Å²) in [7, 11) is 0. The molecule has 9 heteroatoms. The fraction of sp³-hybridized carbons (Fsp3) is 0.290. The van der Waals surface area contributed by atoms with Crippen LogP contribution in [0.25, 0.3) is 22.3 Å². The minimum absolute atomic E-state index is 0.118. The third kappa shape index (κ3) is 6.02. The number of para-hydroxylation sites is 1. The molecule has 0 fully saturated rings. The molecule has 0 unspecified atom stereocenters. The molecule has 0 saturated heterocycles. The van der Waals surface area contributed by atoms with E-state index >= 15 is 0 Å². The van der Waals surface area contributed by atoms with Crippen LogP contribution in [0.2, 0.25) is 0 Å². The number of halogens is 1. The predicted molar refractivity (Wildman–Crippen MR) is 161 cm³/mol. The standard InChI is InChI=1S/C31H31BrN4O4/c1-6-38-27-14-20(5)24(17-23(27)19(3)4)30-35-26-11-9-8-10-22(26)31(37)36(30)34-18-21-15-25(32)29(40-13-12-33)28(16-21)39-7-2/h8-11,14-19H,6-7,13H2,1-5H3. The van der Waals surface area contributed by atoms with Crippen LogP contribution >= 0.6 is 15.9 Å². The summed E-state index contributed by atoms with van der Waals surface area (Å²) in [6, 6.07) is 16.8. The number of hydrogen-bond donors (Lipinski definition) is 0. The number of nitriles is 1. The maximum Gasteiger partial charge on any atom is 0.282 e. The first kappa shape index (κ1) is 28.8. The predicted octanol–water partition coefficient (Wildman–Crippen LogP) is 6.84. The van der Waals surface area contributed by atoms with Crippen molar-refractivity contribution in [3.05, 3.63) is 80.0 Å². The van der Waals surface area contributed by atoms with Gasteiger partial charge in [-0.15, -0.1) is 0 Å². The number of nitrogens with zero attached hydrogens (tertiary/aromatic N) is 4. The molecule has 4 aromatic rings. The van der Waals surface area contributed by atoms with Gasteiger partial charge in [0.15, 0.2) is 23.9 Å². The van der Waals surface area contributed by atoms with E-state index in [1.54, 1.807) is 24.4 Å². The molecule has 0 spiro atoms. The summed E-state index contributed by atoms with van der Waals surface area (Å²) in [5, 5.41) is 14.0. The lowest BCUT2D eigenvalue weighted by Crippen LogP contribution is -2.21. The molecule has 0 aliphatic carbocycles. The van der Waals surface area contributed by atoms with Crippen molar-refractivity contribution in [2.75, 3.05) is 19.8 Å². The zero-order chi connectivity index (χ0) is 28.8. The third-order valence-corrected chi connectivity index (χ3v) is 6.80. The van der Waals surface area contributed by atoms with Gasteiger partial charge in [-0.1, -0.05) is 26.0 Å². The number of fused-ring (bicyclic) bond motifs is 1. The van der Waals surface area contributed by atoms with Gasteiger partial charge < -0.3 is 14.2 Å². The molecule has 8 nitrogen and oxygen atoms in total. The Morgan fingerprint density at radius 1 is 1.07 bits per heavy atom. The second kappa shape index (κ2) is 12.8. The quantitative estimate of drug-likeness (QED) is 0.184. The smallest absolute Gasteiger partial charge is 0.282 e. The fourth-order valence-electron chi connectivity index (χ4n) is 4.37. The van der Waals surface area contributed by atoms with E-state index in [4.69, 9.17) is 24.5 Å². The van der Waals surface area contributed by atoms with E-state index in [0.717, 1.165) is 22.4 Å². The van der Waals surface area contributed by atoms with Crippen molar-refractivity contribution < 1.29 is 14.2 Å². The lowest BCUT2D eigenvalue weighted by molar-refractivity contribution is 0.297. The monoisotopic (exact) mass is 602 g/mol. The highest BCUT2D eigenvalue weighted by Gasteiger charge is 2.19. The number of benzene rings is 3. The zero-order valence-corrected chi connectivity index (χ0v) is 24.8. The average Bonchev–Trinajstić information content (AvgIpc) is 2.92. The van der Waals surface area contributed by atoms with E-state index in [9.17, 15) is 4.79 Å². The van der Waals surface area contributed by atoms with E-state index in [1.807, 2.05) is 57.2 Å². The van der Waals surface area contributed by atoms with Crippen LogP contribution in [0.4, 0.5) is 0 Å². The van der Waals surface area contributed by atoms with Crippen molar-refractivity contribution in [2.24, 2.45) is 5.10 Å². The number of rotatable bonds is 10. The van der Waals surface area contributed by atoms with E-state index < -0.39 is 0 Å². The molecule has 0 N–H and O–H groups in total. The highest BCUT2D eigenvalue weighted by molar-refractivity contribution is 9.10. The van der Waals surface area contributed by atoms with Crippen molar-refractivity contribution in [1.29, 1.82) is 5.26 Å². The van der Waals surface area contributed by atoms with E-state index in [1.165, 1.54) is 4.68 Å². The fourth-order valence-corrected chi connectivity index (χ4v) is 4.94. The normalized spacial score (nSPS) is 11.2. The largest absolute Gasteiger partial charge is 0.494 e. The lowest BCUT2D eigenvalue weighted by atomic mass is 9.96. The van der Waals surface area contributed by atoms with Gasteiger partial charge in [0.2, 0.25) is 0 Å². The Labute approximate surface area is 242 Å². The molecule has 1 aromatic heterocycles. The van der Waals surface area contributed by atoms with Crippen LogP contribution < -0.4 is 19.8 Å². The number of hydrogen-bond acceptors (Lipinski definition) is 7. The van der Waals surface area contributed by atoms with Gasteiger partial charge in [-0.2, -0.15) is 15.0 Å². The van der Waals surface area contributed by atoms with Crippen molar-refractivity contribution in [3.8, 4) is 34.7 Å². The minimum atomic E-state index is -0.283. The molecule has 0 radical (unpaired) electrons. The lowest BCUT2D eigenvalue weighted by Gasteiger charge is -2.18. The molecule has 1 heterocycles. The van der Waals surface area contributed by atoms with E-state index in [-0.39, 0.29) is 18.1 Å². The second-order valence-corrected chi connectivity index (χ2v) is 10.2. The highest BCUT2D eigenvalue weighted by atomic mass is 79.9. The van der Waals surface area contributed by atoms with Gasteiger partial charge in [0.1, 0.15) is 11.8 Å². The summed E-state index contributed by atoms with van der Waals surface area (Å²) in [5.41, 5.74) is 3.71. The van der Waals surface area contributed by atoms with E-state index in [0.29, 0.717) is 51.5 Å². The Morgan fingerprint density at radius 2 is 1.80 bits per heavy atom. The molecule has 0 amide bonds. The molecule has 4 rings (SSSR count). The zero-order valence-electron chi connectivity index (χ0n) is 23.2. The van der Waals surface area contributed by atoms with Crippen LogP contribution in [-0.4, -0.2) is 35.7 Å². The van der Waals surface area contributed by atoms with Gasteiger partial charge in [0.05, 0.1) is 34.8 Å². The van der Waals surface area contributed by atoms with Gasteiger partial charge in [0.25, 0.3) is 5.56 Å². The molecule has 206 valence electrons. The van der Waals surface area contributed by atoms with Crippen molar-refractivity contribution in [2.45, 2.75) is 40.5 Å². The Hall–Kier alpha value is -4.16. The minimum Gasteiger partial charge on any atom is -0.494 e. The van der Waals surface area contributed by atoms with Gasteiger partial charge in [-0.05, 0) is 95.7 Å². The van der Waals surface area contributed by atoms with Gasteiger partial charge >= 0.3 is 0 Å². The molecule has 3 aromatic carbocycles. The Balaban J connectivity index is 1.92. The SMILES string of the molecule is CCOc1cc(C)c(-c2nc3ccccc3c(=O)n2N=Cc2cc(Br)c(OCC#N)c(OCC)c2)cc1C(C)C. The highest BCUT2D eigenvalue weighted by Crippen LogP contribution is 2.37. The summed E-state index contributed by atoms with van der Waals surface area (Å²) >= 11 is 3.50. The number of aromatic nitrogens is 2. The molecular formula is C31H31BrN4O4. The second-order valence-electron chi connectivity index (χ2n) is 9.32. The Kier molecular flexibility index (Phi) is 9.22. The van der Waals surface area contributed by atoms with Crippen LogP contribution in [0, 0.1) is 18.3 Å². The topological polar surface area (TPSA) is 98.7 Å². The maximum absolute atomic E-state index is 13.8. The molecule has 0 aliphatic heterocycles. The molecule has 0 bridgehead atoms. The first-order chi connectivity index (χ1) is 19.3. The van der Waals surface area contributed by atoms with Crippen molar-refractivity contribution in [1.82, 2.24) is 9.66 Å². The Morgan fingerprint density at radius 3 is 2.50 bits per heavy atom. The summed E-state index contributed by atoms with van der Waals surface area (Å²) < 4.78 is 19.1. The summed E-state index contributed by atoms with van der Waals surface area (Å²) in [6.45, 7) is 10.9. The van der Waals surface area contributed by atoms with E-state index in [2.05, 4.69) is 34.9 Å². The van der Waals surface area contributed by atoms with Crippen LogP contribution in [0.5, 0.6) is 17.2 Å². The maximum atomic E-state index is 13.8. The number of aryl methyl sites for hydroxylation is 1. The first-order valence-electron chi connectivity index (χ1n) is 13.1. The van der Waals surface area contributed by atoms with Crippen LogP contribution in [0.1, 0.15) is 50.3 Å². The Bertz CT molecular complexity index is 1670.